The van der Waals surface area contributed by atoms with Crippen molar-refractivity contribution in [1.29, 1.82) is 0 Å². The molecule has 18 rings (SSSR count). The molecule has 6 aromatic heterocycles. The zero-order chi connectivity index (χ0) is 93.8. The molecule has 12 unspecified atom stereocenters. The Morgan fingerprint density at radius 3 is 1.04 bits per heavy atom. The largest absolute Gasteiger partial charge is 0.497 e. The van der Waals surface area contributed by atoms with Crippen LogP contribution in [-0.2, 0) is 42.6 Å². The number of halogens is 3. The fourth-order valence-corrected chi connectivity index (χ4v) is 15.6. The standard InChI is InChI=1S/2C30H31FN6O8.C29H29FN6O8/c1-3-4-11-32-30(40)36-25-22-26(34-14-33-25)37(15-35-22)27-24-23(44-29(45-24)16-5-7-17(31)8-6-16)21(43-27)13-42-20-12-18(41-2)9-10-19(20)28(38)39;1-3-4-12-32-30(40)36-25-21-26(34-14-33-25)37(15-35-21)27-24-23(44-29(45-24)16-8-10-17(31)11-9-16)20(43-27)13-42-22-18(28(38)39)6-5-7-19(22)41-2;1-3-10-31-29(39)35-24-21-25(33-13-32-24)36(14-34-21)26-23-22(43-28(44-23)15-4-6-16(30)7-5-15)20(42-26)12-41-19-11-17(40-2)8-9-18(19)27(37)38/h5-10,12,14-15,21,23-24,27,29H,3-4,11,13H2,1-2H3,(H,38,39)(H2,32,33,34,36,40);5-11,14-15,20,23-24,27,29H,3-4,12-13H2,1-2H3,(H,38,39)(H2,32,33,34,36,40);4-9,11,13-14,20,22-23,26,28H,3,10,12H2,1-2H3,(H,37,38)(H2,31,32,33,35,39)/t21?,23?,24?,27?,29-;20?,23?,24?,27?,29-;20?,22?,23?,26?,28-/m000/s1. The van der Waals surface area contributed by atoms with Crippen LogP contribution in [-0.4, -0.2) is 226 Å². The summed E-state index contributed by atoms with van der Waals surface area (Å²) in [4.78, 5) is 112. The Hall–Kier alpha value is -14.6. The van der Waals surface area contributed by atoms with Crippen molar-refractivity contribution in [2.24, 2.45) is 0 Å². The summed E-state index contributed by atoms with van der Waals surface area (Å²) in [6.45, 7) is 7.20. The van der Waals surface area contributed by atoms with Gasteiger partial charge in [0.1, 0.15) is 151 Å². The summed E-state index contributed by atoms with van der Waals surface area (Å²) in [5.41, 5.74) is 3.71. The van der Waals surface area contributed by atoms with Crippen molar-refractivity contribution in [1.82, 2.24) is 74.5 Å². The smallest absolute Gasteiger partial charge is 0.339 e. The van der Waals surface area contributed by atoms with E-state index in [1.54, 1.807) is 62.2 Å². The summed E-state index contributed by atoms with van der Waals surface area (Å²) >= 11 is 0. The van der Waals surface area contributed by atoms with Gasteiger partial charge in [0.15, 0.2) is 100.0 Å². The maximum Gasteiger partial charge on any atom is 0.339 e. The Morgan fingerprint density at radius 1 is 0.373 bits per heavy atom. The van der Waals surface area contributed by atoms with Gasteiger partial charge in [0.2, 0.25) is 0 Å². The molecule has 6 aliphatic rings. The summed E-state index contributed by atoms with van der Waals surface area (Å²) in [5, 5.41) is 45.5. The van der Waals surface area contributed by atoms with Crippen LogP contribution in [0.5, 0.6) is 34.5 Å². The third-order valence-electron chi connectivity index (χ3n) is 22.2. The van der Waals surface area contributed by atoms with Crippen LogP contribution in [0.3, 0.4) is 0 Å². The number of benzene rings is 6. The van der Waals surface area contributed by atoms with Crippen molar-refractivity contribution in [2.75, 3.05) is 76.7 Å². The fraction of sp³-hybridized carbons (Fsp3) is 0.360. The number of ether oxygens (including phenoxy) is 15. The second kappa shape index (κ2) is 41.9. The van der Waals surface area contributed by atoms with E-state index in [1.165, 1.54) is 138 Å². The summed E-state index contributed by atoms with van der Waals surface area (Å²) in [6, 6.07) is 29.4. The summed E-state index contributed by atoms with van der Waals surface area (Å²) in [5.74, 6) is -2.77. The highest BCUT2D eigenvalue weighted by Gasteiger charge is 2.58. The van der Waals surface area contributed by atoms with Gasteiger partial charge in [-0.3, -0.25) is 29.7 Å². The van der Waals surface area contributed by atoms with Gasteiger partial charge in [0, 0.05) is 48.5 Å². The van der Waals surface area contributed by atoms with Crippen molar-refractivity contribution in [2.45, 2.75) is 145 Å². The van der Waals surface area contributed by atoms with Gasteiger partial charge in [0.25, 0.3) is 0 Å². The Kier molecular flexibility index (Phi) is 29.0. The Balaban J connectivity index is 0.000000146. The van der Waals surface area contributed by atoms with Crippen molar-refractivity contribution < 1.29 is 128 Å². The molecule has 12 aromatic rings. The lowest BCUT2D eigenvalue weighted by atomic mass is 10.1. The van der Waals surface area contributed by atoms with Crippen LogP contribution >= 0.6 is 0 Å². The molecule has 702 valence electrons. The topological polar surface area (TPSA) is 505 Å². The summed E-state index contributed by atoms with van der Waals surface area (Å²) in [7, 11) is 4.34. The molecule has 6 fully saturated rings. The first-order valence-electron chi connectivity index (χ1n) is 42.5. The van der Waals surface area contributed by atoms with Gasteiger partial charge in [0.05, 0.1) is 40.3 Å². The third-order valence-corrected chi connectivity index (χ3v) is 22.2. The quantitative estimate of drug-likeness (QED) is 0.0177. The SMILES string of the molecule is CCCCNC(=O)Nc1ncnc2c1ncn2C1OC(COc2c(OC)cccc2C(=O)O)C2O[C@H](c3ccc(F)cc3)OC21.CCCCNC(=O)Nc1ncnc2c1ncn2C1OC(COc2cc(OC)ccc2C(=O)O)C2O[C@H](c3ccc(F)cc3)OC21.CCCNC(=O)Nc1ncnc2c1ncn2C1OC(COc2cc(OC)ccc2C(=O)O)C2O[C@H](c3ccc(F)cc3)OC21. The van der Waals surface area contributed by atoms with E-state index in [2.05, 4.69) is 76.8 Å². The van der Waals surface area contributed by atoms with Crippen LogP contribution in [0.1, 0.15) is 138 Å². The van der Waals surface area contributed by atoms with E-state index in [1.807, 2.05) is 20.8 Å². The zero-order valence-corrected chi connectivity index (χ0v) is 72.4. The lowest BCUT2D eigenvalue weighted by molar-refractivity contribution is -0.152. The molecule has 0 radical (unpaired) electrons. The number of nitrogens with zero attached hydrogens (tertiary/aromatic N) is 12. The number of carboxylic acids is 3. The normalized spacial score (nSPS) is 22.3. The molecular weight excluding hydrogens is 1760 g/mol. The predicted molar refractivity (Wildman–Crippen MR) is 462 cm³/mol. The molecule has 0 bridgehead atoms. The highest BCUT2D eigenvalue weighted by atomic mass is 19.1. The number of aromatic nitrogens is 12. The van der Waals surface area contributed by atoms with Crippen LogP contribution in [0.4, 0.5) is 45.0 Å². The van der Waals surface area contributed by atoms with Crippen LogP contribution in [0.15, 0.2) is 165 Å². The lowest BCUT2D eigenvalue weighted by Gasteiger charge is -2.22. The number of aromatic carboxylic acids is 3. The number of unbranched alkanes of at least 4 members (excludes halogenated alkanes) is 2. The molecule has 15 atom stereocenters. The highest BCUT2D eigenvalue weighted by molar-refractivity contribution is 5.98. The molecule has 12 heterocycles. The fourth-order valence-electron chi connectivity index (χ4n) is 15.6. The van der Waals surface area contributed by atoms with Crippen molar-refractivity contribution >= 4 is 86.9 Å². The van der Waals surface area contributed by atoms with E-state index in [9.17, 15) is 57.3 Å². The van der Waals surface area contributed by atoms with E-state index in [0.29, 0.717) is 81.3 Å². The number of carbonyl (C=O) groups is 6. The first kappa shape index (κ1) is 92.7. The number of methoxy groups -OCH3 is 3. The minimum Gasteiger partial charge on any atom is -0.497 e. The minimum atomic E-state index is -1.18. The number of amides is 6. The number of hydrogen-bond acceptors (Lipinski definition) is 30. The third kappa shape index (κ3) is 20.4. The summed E-state index contributed by atoms with van der Waals surface area (Å²) in [6.07, 6.45) is 1.40. The maximum absolute atomic E-state index is 13.6. The van der Waals surface area contributed by atoms with E-state index in [-0.39, 0.29) is 77.0 Å². The first-order chi connectivity index (χ1) is 65.1. The monoisotopic (exact) mass is 1850 g/mol. The first-order valence-corrected chi connectivity index (χ1v) is 42.5. The van der Waals surface area contributed by atoms with Gasteiger partial charge < -0.3 is 102 Å². The molecule has 0 spiro atoms. The molecule has 0 saturated carbocycles. The Bertz CT molecular complexity index is 6210. The molecular formula is C89H91F3N18O24. The number of nitrogens with one attached hydrogen (secondary N) is 6. The number of imidazole rings is 3. The maximum atomic E-state index is 13.6. The van der Waals surface area contributed by atoms with Crippen molar-refractivity contribution in [3.63, 3.8) is 0 Å². The van der Waals surface area contributed by atoms with E-state index in [0.717, 1.165) is 32.1 Å². The molecule has 6 aliphatic heterocycles. The molecule has 134 heavy (non-hydrogen) atoms. The van der Waals surface area contributed by atoms with Crippen LogP contribution < -0.4 is 60.3 Å². The van der Waals surface area contributed by atoms with Crippen molar-refractivity contribution in [3.8, 4) is 34.5 Å². The number of urea groups is 3. The van der Waals surface area contributed by atoms with Gasteiger partial charge in [-0.15, -0.1) is 0 Å². The second-order valence-electron chi connectivity index (χ2n) is 30.8. The van der Waals surface area contributed by atoms with Crippen molar-refractivity contribution in [3.05, 3.63) is 216 Å². The van der Waals surface area contributed by atoms with Crippen LogP contribution in [0.2, 0.25) is 0 Å². The van der Waals surface area contributed by atoms with E-state index in [4.69, 9.17) is 71.1 Å². The molecule has 9 N–H and O–H groups in total. The Morgan fingerprint density at radius 2 is 0.716 bits per heavy atom. The molecule has 6 aromatic carbocycles. The Labute approximate surface area is 759 Å². The number of anilines is 3. The average Bonchev–Trinajstić information content (AvgIpc) is 1.60. The van der Waals surface area contributed by atoms with Crippen LogP contribution in [0.25, 0.3) is 33.5 Å². The van der Waals surface area contributed by atoms with E-state index < -0.39 is 146 Å². The summed E-state index contributed by atoms with van der Waals surface area (Å²) < 4.78 is 137. The molecule has 6 saturated heterocycles. The number of rotatable bonds is 32. The number of fused-ring (bicyclic) bond motifs is 6. The van der Waals surface area contributed by atoms with E-state index >= 15 is 0 Å². The lowest BCUT2D eigenvalue weighted by Crippen LogP contribution is -2.33. The number of carboxylic acid groups (broad SMARTS) is 3. The highest BCUT2D eigenvalue weighted by Crippen LogP contribution is 2.50. The van der Waals surface area contributed by atoms with Gasteiger partial charge in [-0.25, -0.2) is 86.8 Å². The number of carbonyl (C=O) groups excluding carboxylic acids is 3. The molecule has 6 amide bonds. The number of para-hydroxylation sites is 1. The molecule has 42 nitrogen and oxygen atoms in total. The predicted octanol–water partition coefficient (Wildman–Crippen LogP) is 11.8. The average molecular weight is 1850 g/mol. The van der Waals surface area contributed by atoms with Gasteiger partial charge in [-0.1, -0.05) is 76.1 Å². The molecule has 45 heteroatoms. The molecule has 0 aliphatic carbocycles. The number of hydrogen-bond donors (Lipinski definition) is 9. The van der Waals surface area contributed by atoms with Crippen LogP contribution in [0, 0.1) is 17.5 Å². The van der Waals surface area contributed by atoms with Gasteiger partial charge >= 0.3 is 36.0 Å². The van der Waals surface area contributed by atoms with Gasteiger partial charge in [-0.2, -0.15) is 0 Å². The zero-order valence-electron chi connectivity index (χ0n) is 72.4. The minimum absolute atomic E-state index is 0.0406. The second-order valence-corrected chi connectivity index (χ2v) is 30.8. The van der Waals surface area contributed by atoms with Gasteiger partial charge in [-0.05, 0) is 92.1 Å².